The first-order valence-corrected chi connectivity index (χ1v) is 6.92. The standard InChI is InChI=1S/C15H23N3O3/c1-10(2)14(16)15(21)18-8-13(20)17-7-11-4-3-5-12(6-11)9-19/h3-6,10,14,19H,7-9,16H2,1-2H3,(H,17,20)(H,18,21)/t14-/m0/s1. The third kappa shape index (κ3) is 5.93. The minimum Gasteiger partial charge on any atom is -0.392 e. The molecule has 2 amide bonds. The molecule has 6 nitrogen and oxygen atoms in total. The number of aliphatic hydroxyl groups is 1. The lowest BCUT2D eigenvalue weighted by atomic mass is 10.1. The molecule has 5 N–H and O–H groups in total. The van der Waals surface area contributed by atoms with Crippen molar-refractivity contribution in [1.29, 1.82) is 0 Å². The molecule has 0 radical (unpaired) electrons. The molecular formula is C15H23N3O3. The second-order valence-corrected chi connectivity index (χ2v) is 5.24. The molecule has 0 aliphatic rings. The molecule has 0 spiro atoms. The third-order valence-electron chi connectivity index (χ3n) is 3.11. The highest BCUT2D eigenvalue weighted by atomic mass is 16.3. The second-order valence-electron chi connectivity index (χ2n) is 5.24. The van der Waals surface area contributed by atoms with Gasteiger partial charge in [0.15, 0.2) is 0 Å². The highest BCUT2D eigenvalue weighted by molar-refractivity contribution is 5.87. The smallest absolute Gasteiger partial charge is 0.239 e. The average Bonchev–Trinajstić information content (AvgIpc) is 2.49. The molecule has 0 heterocycles. The quantitative estimate of drug-likeness (QED) is 0.563. The van der Waals surface area contributed by atoms with Gasteiger partial charge in [0.25, 0.3) is 0 Å². The molecule has 21 heavy (non-hydrogen) atoms. The van der Waals surface area contributed by atoms with E-state index in [9.17, 15) is 9.59 Å². The lowest BCUT2D eigenvalue weighted by molar-refractivity contribution is -0.127. The molecule has 0 saturated carbocycles. The Balaban J connectivity index is 2.35. The molecule has 0 aliphatic heterocycles. The van der Waals surface area contributed by atoms with E-state index in [0.29, 0.717) is 6.54 Å². The Kier molecular flexibility index (Phi) is 6.84. The van der Waals surface area contributed by atoms with E-state index in [1.54, 1.807) is 6.07 Å². The van der Waals surface area contributed by atoms with Gasteiger partial charge in [-0.05, 0) is 17.0 Å². The van der Waals surface area contributed by atoms with Gasteiger partial charge in [-0.1, -0.05) is 38.1 Å². The average molecular weight is 293 g/mol. The summed E-state index contributed by atoms with van der Waals surface area (Å²) < 4.78 is 0. The SMILES string of the molecule is CC(C)[C@H](N)C(=O)NCC(=O)NCc1cccc(CO)c1. The first-order valence-electron chi connectivity index (χ1n) is 6.92. The van der Waals surface area contributed by atoms with E-state index in [4.69, 9.17) is 10.8 Å². The van der Waals surface area contributed by atoms with Crippen molar-refractivity contribution in [1.82, 2.24) is 10.6 Å². The number of nitrogens with one attached hydrogen (secondary N) is 2. The Hall–Kier alpha value is -1.92. The number of rotatable bonds is 7. The molecular weight excluding hydrogens is 270 g/mol. The van der Waals surface area contributed by atoms with Crippen LogP contribution in [0.4, 0.5) is 0 Å². The van der Waals surface area contributed by atoms with E-state index in [-0.39, 0.29) is 30.9 Å². The summed E-state index contributed by atoms with van der Waals surface area (Å²) in [6.07, 6.45) is 0. The van der Waals surface area contributed by atoms with Gasteiger partial charge in [0.05, 0.1) is 19.2 Å². The maximum atomic E-state index is 11.7. The molecule has 1 atom stereocenters. The monoisotopic (exact) mass is 293 g/mol. The topological polar surface area (TPSA) is 104 Å². The molecule has 0 unspecified atom stereocenters. The minimum absolute atomic E-state index is 0.0225. The van der Waals surface area contributed by atoms with Gasteiger partial charge in [-0.25, -0.2) is 0 Å². The van der Waals surface area contributed by atoms with Crippen molar-refractivity contribution in [2.45, 2.75) is 33.0 Å². The van der Waals surface area contributed by atoms with E-state index in [0.717, 1.165) is 11.1 Å². The highest BCUT2D eigenvalue weighted by Gasteiger charge is 2.17. The predicted octanol–water partition coefficient (Wildman–Crippen LogP) is -0.105. The number of nitrogens with two attached hydrogens (primary N) is 1. The van der Waals surface area contributed by atoms with Crippen molar-refractivity contribution in [3.05, 3.63) is 35.4 Å². The van der Waals surface area contributed by atoms with Gasteiger partial charge < -0.3 is 21.5 Å². The summed E-state index contributed by atoms with van der Waals surface area (Å²) in [5, 5.41) is 14.2. The number of carbonyl (C=O) groups excluding carboxylic acids is 2. The number of amides is 2. The van der Waals surface area contributed by atoms with E-state index in [1.165, 1.54) is 0 Å². The number of aliphatic hydroxyl groups excluding tert-OH is 1. The van der Waals surface area contributed by atoms with Crippen LogP contribution in [0.5, 0.6) is 0 Å². The Bertz CT molecular complexity index is 489. The maximum Gasteiger partial charge on any atom is 0.239 e. The molecule has 6 heteroatoms. The zero-order valence-corrected chi connectivity index (χ0v) is 12.4. The lowest BCUT2D eigenvalue weighted by Crippen LogP contribution is -2.47. The summed E-state index contributed by atoms with van der Waals surface area (Å²) in [6.45, 7) is 3.90. The Morgan fingerprint density at radius 3 is 2.52 bits per heavy atom. The van der Waals surface area contributed by atoms with Crippen LogP contribution >= 0.6 is 0 Å². The van der Waals surface area contributed by atoms with Gasteiger partial charge >= 0.3 is 0 Å². The van der Waals surface area contributed by atoms with Crippen molar-refractivity contribution in [2.24, 2.45) is 11.7 Å². The number of hydrogen-bond acceptors (Lipinski definition) is 4. The van der Waals surface area contributed by atoms with Crippen LogP contribution in [-0.4, -0.2) is 29.5 Å². The summed E-state index contributed by atoms with van der Waals surface area (Å²) >= 11 is 0. The van der Waals surface area contributed by atoms with Crippen LogP contribution in [0.2, 0.25) is 0 Å². The van der Waals surface area contributed by atoms with Crippen LogP contribution in [0.3, 0.4) is 0 Å². The maximum absolute atomic E-state index is 11.7. The third-order valence-corrected chi connectivity index (χ3v) is 3.11. The van der Waals surface area contributed by atoms with Crippen molar-refractivity contribution >= 4 is 11.8 Å². The zero-order valence-electron chi connectivity index (χ0n) is 12.4. The molecule has 116 valence electrons. The molecule has 0 aliphatic carbocycles. The fourth-order valence-electron chi connectivity index (χ4n) is 1.69. The van der Waals surface area contributed by atoms with E-state index < -0.39 is 6.04 Å². The van der Waals surface area contributed by atoms with Crippen molar-refractivity contribution in [3.63, 3.8) is 0 Å². The summed E-state index contributed by atoms with van der Waals surface area (Å²) in [5.74, 6) is -0.592. The van der Waals surface area contributed by atoms with Gasteiger partial charge in [0.1, 0.15) is 0 Å². The molecule has 1 rings (SSSR count). The van der Waals surface area contributed by atoms with Gasteiger partial charge in [-0.3, -0.25) is 9.59 Å². The summed E-state index contributed by atoms with van der Waals surface area (Å²) in [7, 11) is 0. The summed E-state index contributed by atoms with van der Waals surface area (Å²) in [4.78, 5) is 23.3. The first-order chi connectivity index (χ1) is 9.93. The Morgan fingerprint density at radius 2 is 1.90 bits per heavy atom. The largest absolute Gasteiger partial charge is 0.392 e. The fraction of sp³-hybridized carbons (Fsp3) is 0.467. The van der Waals surface area contributed by atoms with E-state index in [2.05, 4.69) is 10.6 Å². The number of hydrogen-bond donors (Lipinski definition) is 4. The van der Waals surface area contributed by atoms with Crippen molar-refractivity contribution in [2.75, 3.05) is 6.54 Å². The predicted molar refractivity (Wildman–Crippen MR) is 80.0 cm³/mol. The molecule has 0 aromatic heterocycles. The van der Waals surface area contributed by atoms with Crippen LogP contribution in [0.15, 0.2) is 24.3 Å². The van der Waals surface area contributed by atoms with Gasteiger partial charge in [0.2, 0.25) is 11.8 Å². The van der Waals surface area contributed by atoms with Gasteiger partial charge in [0, 0.05) is 6.54 Å². The molecule has 0 bridgehead atoms. The summed E-state index contributed by atoms with van der Waals surface area (Å²) in [6, 6.07) is 6.68. The Morgan fingerprint density at radius 1 is 1.24 bits per heavy atom. The molecule has 1 aromatic carbocycles. The highest BCUT2D eigenvalue weighted by Crippen LogP contribution is 2.04. The first kappa shape index (κ1) is 17.1. The fourth-order valence-corrected chi connectivity index (χ4v) is 1.69. The number of benzene rings is 1. The summed E-state index contributed by atoms with van der Waals surface area (Å²) in [5.41, 5.74) is 7.35. The minimum atomic E-state index is -0.612. The zero-order chi connectivity index (χ0) is 15.8. The molecule has 0 saturated heterocycles. The van der Waals surface area contributed by atoms with Crippen molar-refractivity contribution in [3.8, 4) is 0 Å². The van der Waals surface area contributed by atoms with E-state index in [1.807, 2.05) is 32.0 Å². The van der Waals surface area contributed by atoms with Crippen molar-refractivity contribution < 1.29 is 14.7 Å². The molecule has 0 fully saturated rings. The number of carbonyl (C=O) groups is 2. The van der Waals surface area contributed by atoms with Gasteiger partial charge in [-0.15, -0.1) is 0 Å². The normalized spacial score (nSPS) is 12.0. The van der Waals surface area contributed by atoms with Crippen LogP contribution in [0.1, 0.15) is 25.0 Å². The van der Waals surface area contributed by atoms with E-state index >= 15 is 0 Å². The Labute approximate surface area is 124 Å². The second kappa shape index (κ2) is 8.39. The van der Waals surface area contributed by atoms with Crippen LogP contribution < -0.4 is 16.4 Å². The molecule has 1 aromatic rings. The van der Waals surface area contributed by atoms with Crippen LogP contribution in [-0.2, 0) is 22.7 Å². The lowest BCUT2D eigenvalue weighted by Gasteiger charge is -2.15. The van der Waals surface area contributed by atoms with Crippen LogP contribution in [0, 0.1) is 5.92 Å². The van der Waals surface area contributed by atoms with Gasteiger partial charge in [-0.2, -0.15) is 0 Å². The van der Waals surface area contributed by atoms with Crippen LogP contribution in [0.25, 0.3) is 0 Å².